The molecule has 1 aliphatic rings. The first-order chi connectivity index (χ1) is 9.51. The second kappa shape index (κ2) is 6.22. The number of hydrogen-bond acceptors (Lipinski definition) is 2. The van der Waals surface area contributed by atoms with Gasteiger partial charge in [-0.15, -0.1) is 0 Å². The van der Waals surface area contributed by atoms with E-state index >= 15 is 0 Å². The number of benzene rings is 1. The van der Waals surface area contributed by atoms with E-state index in [0.29, 0.717) is 18.7 Å². The Morgan fingerprint density at radius 2 is 2.35 bits per heavy atom. The summed E-state index contributed by atoms with van der Waals surface area (Å²) >= 11 is 0. The number of nitrogens with one attached hydrogen (secondary N) is 1. The Balaban J connectivity index is 1.95. The second-order valence-corrected chi connectivity index (χ2v) is 5.46. The standard InChI is InChI=1S/C15H21FN2O2/c1-10-3-4-13(7-14(10)16)11(2)17-15(20)18-6-5-12(8-18)9-19/h3-4,7,11-12,19H,5-6,8-9H2,1-2H3,(H,17,20). The molecule has 20 heavy (non-hydrogen) atoms. The van der Waals surface area contributed by atoms with E-state index in [0.717, 1.165) is 12.0 Å². The number of aliphatic hydroxyl groups is 1. The van der Waals surface area contributed by atoms with E-state index in [4.69, 9.17) is 5.11 Å². The van der Waals surface area contributed by atoms with Crippen molar-refractivity contribution in [1.82, 2.24) is 10.2 Å². The van der Waals surface area contributed by atoms with Gasteiger partial charge in [-0.25, -0.2) is 9.18 Å². The Kier molecular flexibility index (Phi) is 4.60. The van der Waals surface area contributed by atoms with E-state index in [1.165, 1.54) is 6.07 Å². The van der Waals surface area contributed by atoms with Crippen molar-refractivity contribution in [2.24, 2.45) is 5.92 Å². The van der Waals surface area contributed by atoms with Gasteiger partial charge < -0.3 is 15.3 Å². The molecule has 0 spiro atoms. The molecule has 1 aromatic carbocycles. The largest absolute Gasteiger partial charge is 0.396 e. The maximum absolute atomic E-state index is 13.5. The molecule has 1 aliphatic heterocycles. The molecule has 0 bridgehead atoms. The number of rotatable bonds is 3. The fourth-order valence-electron chi connectivity index (χ4n) is 2.40. The summed E-state index contributed by atoms with van der Waals surface area (Å²) in [6, 6.07) is 4.59. The highest BCUT2D eigenvalue weighted by molar-refractivity contribution is 5.75. The third kappa shape index (κ3) is 3.28. The molecule has 2 N–H and O–H groups in total. The quantitative estimate of drug-likeness (QED) is 0.892. The SMILES string of the molecule is Cc1ccc(C(C)NC(=O)N2CCC(CO)C2)cc1F. The zero-order chi connectivity index (χ0) is 14.7. The lowest BCUT2D eigenvalue weighted by Gasteiger charge is -2.21. The van der Waals surface area contributed by atoms with Gasteiger partial charge in [-0.2, -0.15) is 0 Å². The number of carbonyl (C=O) groups is 1. The summed E-state index contributed by atoms with van der Waals surface area (Å²) in [5.74, 6) is -0.0852. The minimum atomic E-state index is -0.259. The summed E-state index contributed by atoms with van der Waals surface area (Å²) in [6.45, 7) is 4.90. The van der Waals surface area contributed by atoms with Crippen LogP contribution in [0, 0.1) is 18.7 Å². The van der Waals surface area contributed by atoms with Gasteiger partial charge in [0, 0.05) is 25.6 Å². The minimum Gasteiger partial charge on any atom is -0.396 e. The predicted molar refractivity (Wildman–Crippen MR) is 74.8 cm³/mol. The van der Waals surface area contributed by atoms with Crippen LogP contribution in [0.3, 0.4) is 0 Å². The smallest absolute Gasteiger partial charge is 0.317 e. The van der Waals surface area contributed by atoms with Gasteiger partial charge in [-0.05, 0) is 37.5 Å². The Hall–Kier alpha value is -1.62. The van der Waals surface area contributed by atoms with E-state index < -0.39 is 0 Å². The average Bonchev–Trinajstić information content (AvgIpc) is 2.90. The molecule has 2 atom stereocenters. The summed E-state index contributed by atoms with van der Waals surface area (Å²) in [6.07, 6.45) is 0.831. The second-order valence-electron chi connectivity index (χ2n) is 5.46. The monoisotopic (exact) mass is 280 g/mol. The zero-order valence-corrected chi connectivity index (χ0v) is 11.9. The third-order valence-electron chi connectivity index (χ3n) is 3.87. The number of aryl methyl sites for hydroxylation is 1. The lowest BCUT2D eigenvalue weighted by molar-refractivity contribution is 0.195. The van der Waals surface area contributed by atoms with Crippen molar-refractivity contribution < 1.29 is 14.3 Å². The molecule has 2 unspecified atom stereocenters. The van der Waals surface area contributed by atoms with Crippen LogP contribution >= 0.6 is 0 Å². The van der Waals surface area contributed by atoms with Crippen LogP contribution in [0.15, 0.2) is 18.2 Å². The van der Waals surface area contributed by atoms with Gasteiger partial charge in [0.1, 0.15) is 5.82 Å². The molecular formula is C15H21FN2O2. The van der Waals surface area contributed by atoms with Gasteiger partial charge in [0.2, 0.25) is 0 Å². The molecule has 0 aromatic heterocycles. The molecule has 0 saturated carbocycles. The van der Waals surface area contributed by atoms with Gasteiger partial charge in [-0.3, -0.25) is 0 Å². The van der Waals surface area contributed by atoms with Crippen molar-refractivity contribution in [3.63, 3.8) is 0 Å². The summed E-state index contributed by atoms with van der Waals surface area (Å²) in [5.41, 5.74) is 1.34. The molecule has 2 rings (SSSR count). The van der Waals surface area contributed by atoms with Crippen LogP contribution in [-0.2, 0) is 0 Å². The highest BCUT2D eigenvalue weighted by Gasteiger charge is 2.26. The van der Waals surface area contributed by atoms with Gasteiger partial charge >= 0.3 is 6.03 Å². The topological polar surface area (TPSA) is 52.6 Å². The van der Waals surface area contributed by atoms with Crippen LogP contribution in [0.2, 0.25) is 0 Å². The van der Waals surface area contributed by atoms with Crippen LogP contribution < -0.4 is 5.32 Å². The first-order valence-electron chi connectivity index (χ1n) is 6.93. The number of urea groups is 1. The lowest BCUT2D eigenvalue weighted by atomic mass is 10.1. The van der Waals surface area contributed by atoms with E-state index in [1.54, 1.807) is 17.9 Å². The third-order valence-corrected chi connectivity index (χ3v) is 3.87. The summed E-state index contributed by atoms with van der Waals surface area (Å²) < 4.78 is 13.5. The first kappa shape index (κ1) is 14.8. The molecule has 1 aromatic rings. The number of hydrogen-bond donors (Lipinski definition) is 2. The van der Waals surface area contributed by atoms with Crippen molar-refractivity contribution in [3.8, 4) is 0 Å². The average molecular weight is 280 g/mol. The van der Waals surface area contributed by atoms with Gasteiger partial charge in [-0.1, -0.05) is 12.1 Å². The molecule has 1 saturated heterocycles. The van der Waals surface area contributed by atoms with Crippen LogP contribution in [0.1, 0.15) is 30.5 Å². The Bertz CT molecular complexity index is 493. The Labute approximate surface area is 118 Å². The number of likely N-dealkylation sites (tertiary alicyclic amines) is 1. The number of nitrogens with zero attached hydrogens (tertiary/aromatic N) is 1. The molecule has 1 fully saturated rings. The number of amides is 2. The maximum atomic E-state index is 13.5. The molecule has 1 heterocycles. The zero-order valence-electron chi connectivity index (χ0n) is 11.9. The first-order valence-corrected chi connectivity index (χ1v) is 6.93. The molecule has 0 aliphatic carbocycles. The van der Waals surface area contributed by atoms with Crippen LogP contribution in [-0.4, -0.2) is 35.7 Å². The molecular weight excluding hydrogens is 259 g/mol. The van der Waals surface area contributed by atoms with Gasteiger partial charge in [0.15, 0.2) is 0 Å². The molecule has 5 heteroatoms. The number of carbonyl (C=O) groups excluding carboxylic acids is 1. The van der Waals surface area contributed by atoms with E-state index in [9.17, 15) is 9.18 Å². The van der Waals surface area contributed by atoms with Crippen molar-refractivity contribution >= 4 is 6.03 Å². The van der Waals surface area contributed by atoms with Gasteiger partial charge in [0.25, 0.3) is 0 Å². The normalized spacial score (nSPS) is 20.0. The summed E-state index contributed by atoms with van der Waals surface area (Å²) in [7, 11) is 0. The van der Waals surface area contributed by atoms with Crippen LogP contribution in [0.25, 0.3) is 0 Å². The van der Waals surface area contributed by atoms with E-state index in [-0.39, 0.29) is 30.4 Å². The Morgan fingerprint density at radius 1 is 1.60 bits per heavy atom. The summed E-state index contributed by atoms with van der Waals surface area (Å²) in [5, 5.41) is 12.0. The highest BCUT2D eigenvalue weighted by atomic mass is 19.1. The fraction of sp³-hybridized carbons (Fsp3) is 0.533. The molecule has 4 nitrogen and oxygen atoms in total. The highest BCUT2D eigenvalue weighted by Crippen LogP contribution is 2.19. The van der Waals surface area contributed by atoms with Crippen LogP contribution in [0.5, 0.6) is 0 Å². The number of halogens is 1. The van der Waals surface area contributed by atoms with Crippen molar-refractivity contribution in [2.45, 2.75) is 26.3 Å². The minimum absolute atomic E-state index is 0.114. The molecule has 0 radical (unpaired) electrons. The molecule has 2 amide bonds. The summed E-state index contributed by atoms with van der Waals surface area (Å²) in [4.78, 5) is 13.8. The lowest BCUT2D eigenvalue weighted by Crippen LogP contribution is -2.39. The number of aliphatic hydroxyl groups excluding tert-OH is 1. The van der Waals surface area contributed by atoms with E-state index in [2.05, 4.69) is 5.32 Å². The van der Waals surface area contributed by atoms with Crippen LogP contribution in [0.4, 0.5) is 9.18 Å². The predicted octanol–water partition coefficient (Wildman–Crippen LogP) is 2.22. The Morgan fingerprint density at radius 3 is 2.95 bits per heavy atom. The fourth-order valence-corrected chi connectivity index (χ4v) is 2.40. The molecule has 110 valence electrons. The van der Waals surface area contributed by atoms with Crippen molar-refractivity contribution in [3.05, 3.63) is 35.1 Å². The maximum Gasteiger partial charge on any atom is 0.317 e. The van der Waals surface area contributed by atoms with Gasteiger partial charge in [0.05, 0.1) is 6.04 Å². The van der Waals surface area contributed by atoms with E-state index in [1.807, 2.05) is 13.0 Å². The van der Waals surface area contributed by atoms with Crippen molar-refractivity contribution in [2.75, 3.05) is 19.7 Å². The van der Waals surface area contributed by atoms with Crippen molar-refractivity contribution in [1.29, 1.82) is 0 Å².